The lowest BCUT2D eigenvalue weighted by Crippen LogP contribution is -2.26. The van der Waals surface area contributed by atoms with Gasteiger partial charge < -0.3 is 0 Å². The van der Waals surface area contributed by atoms with E-state index in [-0.39, 0.29) is 15.9 Å². The maximum absolute atomic E-state index is 13.4. The zero-order valence-electron chi connectivity index (χ0n) is 16.2. The number of nitrogens with zero attached hydrogens (tertiary/aromatic N) is 1. The van der Waals surface area contributed by atoms with Crippen molar-refractivity contribution in [2.45, 2.75) is 22.0 Å². The molecule has 0 aromatic heterocycles. The van der Waals surface area contributed by atoms with Crippen LogP contribution in [0.5, 0.6) is 0 Å². The van der Waals surface area contributed by atoms with Crippen LogP contribution in [0.2, 0.25) is 0 Å². The fourth-order valence-electron chi connectivity index (χ4n) is 3.42. The number of sulfonamides is 1. The number of ketones is 1. The van der Waals surface area contributed by atoms with Crippen molar-refractivity contribution in [3.63, 3.8) is 0 Å². The van der Waals surface area contributed by atoms with Crippen LogP contribution in [0, 0.1) is 12.8 Å². The number of aliphatic imine (C=N–C) groups is 1. The molecular weight excluding hydrogens is 416 g/mol. The van der Waals surface area contributed by atoms with Crippen molar-refractivity contribution in [2.24, 2.45) is 16.0 Å². The molecule has 0 fully saturated rings. The number of nitrogens with two attached hydrogens (primary N) is 1. The van der Waals surface area contributed by atoms with Crippen molar-refractivity contribution in [3.05, 3.63) is 89.5 Å². The van der Waals surface area contributed by atoms with Gasteiger partial charge in [-0.2, -0.15) is 0 Å². The second-order valence-electron chi connectivity index (χ2n) is 7.16. The van der Waals surface area contributed by atoms with Gasteiger partial charge in [0.05, 0.1) is 16.5 Å². The lowest BCUT2D eigenvalue weighted by Gasteiger charge is -2.29. The van der Waals surface area contributed by atoms with Crippen LogP contribution in [0.1, 0.15) is 26.7 Å². The van der Waals surface area contributed by atoms with Crippen LogP contribution in [0.3, 0.4) is 0 Å². The maximum atomic E-state index is 13.4. The first-order chi connectivity index (χ1) is 14.3. The number of carbonyl (C=O) groups excluding carboxylic acids is 1. The molecule has 2 N–H and O–H groups in total. The van der Waals surface area contributed by atoms with Crippen LogP contribution >= 0.6 is 11.8 Å². The number of hydrogen-bond acceptors (Lipinski definition) is 5. The third-order valence-corrected chi connectivity index (χ3v) is 7.32. The average molecular weight is 437 g/mol. The average Bonchev–Trinajstić information content (AvgIpc) is 2.73. The number of carbonyl (C=O) groups is 1. The summed E-state index contributed by atoms with van der Waals surface area (Å²) in [6, 6.07) is 21.8. The molecule has 2 unspecified atom stereocenters. The molecule has 0 amide bonds. The van der Waals surface area contributed by atoms with E-state index in [1.165, 1.54) is 12.1 Å². The third-order valence-electron chi connectivity index (χ3n) is 4.96. The van der Waals surface area contributed by atoms with Crippen molar-refractivity contribution >= 4 is 39.5 Å². The Balaban J connectivity index is 1.71. The van der Waals surface area contributed by atoms with E-state index in [0.717, 1.165) is 16.0 Å². The van der Waals surface area contributed by atoms with E-state index in [9.17, 15) is 13.2 Å². The number of aryl methyl sites for hydroxylation is 1. The summed E-state index contributed by atoms with van der Waals surface area (Å²) in [5.41, 5.74) is 3.37. The first-order valence-corrected chi connectivity index (χ1v) is 11.8. The predicted octanol–water partition coefficient (Wildman–Crippen LogP) is 4.69. The monoisotopic (exact) mass is 436 g/mol. The quantitative estimate of drug-likeness (QED) is 0.601. The van der Waals surface area contributed by atoms with Gasteiger partial charge in [-0.05, 0) is 48.9 Å². The van der Waals surface area contributed by atoms with Gasteiger partial charge in [-0.15, -0.1) is 11.8 Å². The number of benzene rings is 3. The maximum Gasteiger partial charge on any atom is 0.238 e. The topological polar surface area (TPSA) is 89.6 Å². The molecule has 7 heteroatoms. The summed E-state index contributed by atoms with van der Waals surface area (Å²) in [5.74, 6) is -0.407. The molecule has 5 nitrogen and oxygen atoms in total. The highest BCUT2D eigenvalue weighted by Crippen LogP contribution is 2.47. The second kappa shape index (κ2) is 8.18. The molecule has 4 rings (SSSR count). The minimum atomic E-state index is -3.76. The number of Topliss-reactive ketones (excluding diaryl/α,β-unsaturated/α-hetero) is 1. The number of fused-ring (bicyclic) bond motifs is 1. The SMILES string of the molecule is Cc1ccc2c(c1)C(=O)C(C=Nc1ccc(S(N)(=O)=O)cc1)C(c1ccccc1)S2. The lowest BCUT2D eigenvalue weighted by atomic mass is 9.90. The smallest absolute Gasteiger partial charge is 0.238 e. The predicted molar refractivity (Wildman–Crippen MR) is 120 cm³/mol. The summed E-state index contributed by atoms with van der Waals surface area (Å²) in [6.07, 6.45) is 1.67. The summed E-state index contributed by atoms with van der Waals surface area (Å²) in [5, 5.41) is 5.05. The van der Waals surface area contributed by atoms with E-state index in [4.69, 9.17) is 5.14 Å². The van der Waals surface area contributed by atoms with Crippen LogP contribution in [-0.2, 0) is 10.0 Å². The Bertz CT molecular complexity index is 1220. The molecule has 0 radical (unpaired) electrons. The molecule has 1 heterocycles. The van der Waals surface area contributed by atoms with E-state index in [1.54, 1.807) is 30.1 Å². The number of hydrogen-bond donors (Lipinski definition) is 1. The van der Waals surface area contributed by atoms with E-state index < -0.39 is 15.9 Å². The summed E-state index contributed by atoms with van der Waals surface area (Å²) >= 11 is 1.66. The van der Waals surface area contributed by atoms with Crippen molar-refractivity contribution in [1.29, 1.82) is 0 Å². The Morgan fingerprint density at radius 2 is 1.70 bits per heavy atom. The first kappa shape index (κ1) is 20.5. The van der Waals surface area contributed by atoms with Gasteiger partial charge in [-0.3, -0.25) is 9.79 Å². The standard InChI is InChI=1S/C23H20N2O3S2/c1-15-7-12-21-19(13-15)22(26)20(23(29-21)16-5-3-2-4-6-16)14-25-17-8-10-18(11-9-17)30(24,27)28/h2-14,20,23H,1H3,(H2,24,27,28). The molecule has 0 saturated heterocycles. The molecule has 3 aromatic carbocycles. The minimum absolute atomic E-state index is 0.0253. The van der Waals surface area contributed by atoms with E-state index >= 15 is 0 Å². The Morgan fingerprint density at radius 1 is 1.00 bits per heavy atom. The number of thioether (sulfide) groups is 1. The van der Waals surface area contributed by atoms with Crippen LogP contribution < -0.4 is 5.14 Å². The molecule has 0 spiro atoms. The Hall–Kier alpha value is -2.74. The molecule has 1 aliphatic rings. The normalized spacial score (nSPS) is 19.1. The van der Waals surface area contributed by atoms with Gasteiger partial charge >= 0.3 is 0 Å². The zero-order chi connectivity index (χ0) is 21.3. The van der Waals surface area contributed by atoms with E-state index in [2.05, 4.69) is 4.99 Å². The second-order valence-corrected chi connectivity index (χ2v) is 9.90. The van der Waals surface area contributed by atoms with Crippen LogP contribution in [0.25, 0.3) is 0 Å². The van der Waals surface area contributed by atoms with Crippen LogP contribution in [-0.4, -0.2) is 20.4 Å². The van der Waals surface area contributed by atoms with E-state index in [1.807, 2.05) is 55.5 Å². The molecule has 30 heavy (non-hydrogen) atoms. The highest BCUT2D eigenvalue weighted by Gasteiger charge is 2.36. The van der Waals surface area contributed by atoms with Crippen molar-refractivity contribution in [1.82, 2.24) is 0 Å². The number of primary sulfonamides is 1. The van der Waals surface area contributed by atoms with Gasteiger partial charge in [-0.25, -0.2) is 13.6 Å². The highest BCUT2D eigenvalue weighted by molar-refractivity contribution is 7.99. The Labute approximate surface area is 180 Å². The Morgan fingerprint density at radius 3 is 2.37 bits per heavy atom. The molecule has 0 bridgehead atoms. The van der Waals surface area contributed by atoms with E-state index in [0.29, 0.717) is 11.3 Å². The van der Waals surface area contributed by atoms with Gasteiger partial charge in [-0.1, -0.05) is 42.0 Å². The van der Waals surface area contributed by atoms with Gasteiger partial charge in [0, 0.05) is 21.9 Å². The van der Waals surface area contributed by atoms with Crippen molar-refractivity contribution in [2.75, 3.05) is 0 Å². The van der Waals surface area contributed by atoms with Gasteiger partial charge in [0.25, 0.3) is 0 Å². The highest BCUT2D eigenvalue weighted by atomic mass is 32.2. The zero-order valence-corrected chi connectivity index (χ0v) is 17.9. The molecule has 0 saturated carbocycles. The summed E-state index contributed by atoms with van der Waals surface area (Å²) in [6.45, 7) is 1.97. The number of rotatable bonds is 4. The van der Waals surface area contributed by atoms with Gasteiger partial charge in [0.15, 0.2) is 5.78 Å². The van der Waals surface area contributed by atoms with Crippen molar-refractivity contribution in [3.8, 4) is 0 Å². The molecule has 2 atom stereocenters. The molecule has 0 aliphatic carbocycles. The van der Waals surface area contributed by atoms with Gasteiger partial charge in [0.2, 0.25) is 10.0 Å². The van der Waals surface area contributed by atoms with Crippen LogP contribution in [0.15, 0.2) is 87.6 Å². The lowest BCUT2D eigenvalue weighted by molar-refractivity contribution is 0.0948. The van der Waals surface area contributed by atoms with Gasteiger partial charge in [0.1, 0.15) is 0 Å². The molecule has 152 valence electrons. The summed E-state index contributed by atoms with van der Waals surface area (Å²) in [4.78, 5) is 18.8. The van der Waals surface area contributed by atoms with Crippen LogP contribution in [0.4, 0.5) is 5.69 Å². The molecule has 3 aromatic rings. The summed E-state index contributed by atoms with van der Waals surface area (Å²) in [7, 11) is -3.76. The molecule has 1 aliphatic heterocycles. The summed E-state index contributed by atoms with van der Waals surface area (Å²) < 4.78 is 22.9. The minimum Gasteiger partial charge on any atom is -0.293 e. The Kier molecular flexibility index (Phi) is 5.60. The fourth-order valence-corrected chi connectivity index (χ4v) is 5.27. The third kappa shape index (κ3) is 4.23. The van der Waals surface area contributed by atoms with Crippen molar-refractivity contribution < 1.29 is 13.2 Å². The molecular formula is C23H20N2O3S2. The first-order valence-electron chi connectivity index (χ1n) is 9.36. The largest absolute Gasteiger partial charge is 0.293 e. The fraction of sp³-hybridized carbons (Fsp3) is 0.130.